The summed E-state index contributed by atoms with van der Waals surface area (Å²) < 4.78 is 39.9. The number of anilines is 1. The van der Waals surface area contributed by atoms with Gasteiger partial charge in [0.2, 0.25) is 0 Å². The van der Waals surface area contributed by atoms with Crippen molar-refractivity contribution in [3.05, 3.63) is 58.7 Å². The second-order valence-electron chi connectivity index (χ2n) is 6.52. The number of alkyl halides is 3. The van der Waals surface area contributed by atoms with Gasteiger partial charge in [0, 0.05) is 17.7 Å². The Labute approximate surface area is 150 Å². The first-order valence-electron chi connectivity index (χ1n) is 8.18. The number of rotatable bonds is 5. The third-order valence-electron chi connectivity index (χ3n) is 4.40. The van der Waals surface area contributed by atoms with E-state index in [2.05, 4.69) is 6.07 Å². The molecular formula is C19H21F3N2S. The van der Waals surface area contributed by atoms with Crippen molar-refractivity contribution in [2.24, 2.45) is 5.84 Å². The standard InChI is InChI=1S/C19H21F3N2S/c1-12-6-9-16(19(20,21)22)18(10-12)25-11-15-14(13-7-8-13)4-3-5-17(15)24(2)23/h3-6,9-10,13H,7-8,11,23H2,1-2H3. The molecule has 2 aromatic carbocycles. The highest BCUT2D eigenvalue weighted by Gasteiger charge is 2.34. The maximum atomic E-state index is 13.3. The van der Waals surface area contributed by atoms with Crippen LogP contribution in [0.2, 0.25) is 0 Å². The van der Waals surface area contributed by atoms with E-state index in [0.29, 0.717) is 11.7 Å². The minimum absolute atomic E-state index is 0.267. The van der Waals surface area contributed by atoms with E-state index in [1.807, 2.05) is 12.1 Å². The monoisotopic (exact) mass is 366 g/mol. The summed E-state index contributed by atoms with van der Waals surface area (Å²) in [7, 11) is 1.76. The summed E-state index contributed by atoms with van der Waals surface area (Å²) in [6.45, 7) is 1.81. The van der Waals surface area contributed by atoms with Crippen LogP contribution in [-0.2, 0) is 11.9 Å². The second-order valence-corrected chi connectivity index (χ2v) is 7.53. The molecule has 0 unspecified atom stereocenters. The average Bonchev–Trinajstić information content (AvgIpc) is 3.36. The van der Waals surface area contributed by atoms with Crippen LogP contribution >= 0.6 is 11.8 Å². The molecule has 0 aromatic heterocycles. The van der Waals surface area contributed by atoms with Gasteiger partial charge in [-0.15, -0.1) is 11.8 Å². The number of hydrogen-bond donors (Lipinski definition) is 1. The molecule has 0 bridgehead atoms. The van der Waals surface area contributed by atoms with Crippen LogP contribution in [0.3, 0.4) is 0 Å². The predicted molar refractivity (Wildman–Crippen MR) is 96.7 cm³/mol. The van der Waals surface area contributed by atoms with Gasteiger partial charge >= 0.3 is 6.18 Å². The van der Waals surface area contributed by atoms with E-state index in [-0.39, 0.29) is 4.90 Å². The van der Waals surface area contributed by atoms with Crippen LogP contribution in [0.5, 0.6) is 0 Å². The maximum absolute atomic E-state index is 13.3. The Hall–Kier alpha value is -1.66. The Morgan fingerprint density at radius 2 is 1.92 bits per heavy atom. The zero-order chi connectivity index (χ0) is 18.2. The van der Waals surface area contributed by atoms with E-state index in [4.69, 9.17) is 5.84 Å². The van der Waals surface area contributed by atoms with Gasteiger partial charge in [0.25, 0.3) is 0 Å². The van der Waals surface area contributed by atoms with Crippen molar-refractivity contribution >= 4 is 17.4 Å². The lowest BCUT2D eigenvalue weighted by Gasteiger charge is -2.21. The normalized spacial score (nSPS) is 14.6. The first kappa shape index (κ1) is 18.1. The molecule has 25 heavy (non-hydrogen) atoms. The zero-order valence-corrected chi connectivity index (χ0v) is 15.0. The molecule has 2 nitrogen and oxygen atoms in total. The van der Waals surface area contributed by atoms with Gasteiger partial charge < -0.3 is 5.01 Å². The highest BCUT2D eigenvalue weighted by atomic mass is 32.2. The fourth-order valence-corrected chi connectivity index (χ4v) is 4.21. The lowest BCUT2D eigenvalue weighted by Crippen LogP contribution is -2.26. The van der Waals surface area contributed by atoms with Crippen LogP contribution < -0.4 is 10.9 Å². The molecule has 3 rings (SSSR count). The third kappa shape index (κ3) is 4.12. The molecule has 134 valence electrons. The number of nitrogens with zero attached hydrogens (tertiary/aromatic N) is 1. The van der Waals surface area contributed by atoms with E-state index >= 15 is 0 Å². The fraction of sp³-hybridized carbons (Fsp3) is 0.368. The molecule has 1 aliphatic carbocycles. The minimum Gasteiger partial charge on any atom is -0.314 e. The second kappa shape index (κ2) is 6.92. The number of benzene rings is 2. The molecule has 1 fully saturated rings. The highest BCUT2D eigenvalue weighted by molar-refractivity contribution is 7.98. The Balaban J connectivity index is 1.93. The number of aryl methyl sites for hydroxylation is 1. The van der Waals surface area contributed by atoms with Crippen LogP contribution in [0, 0.1) is 6.92 Å². The van der Waals surface area contributed by atoms with E-state index in [9.17, 15) is 13.2 Å². The van der Waals surface area contributed by atoms with E-state index in [0.717, 1.165) is 29.7 Å². The SMILES string of the molecule is Cc1ccc(C(F)(F)F)c(SCc2c(C3CC3)cccc2N(C)N)c1. The topological polar surface area (TPSA) is 29.3 Å². The maximum Gasteiger partial charge on any atom is 0.417 e. The van der Waals surface area contributed by atoms with Crippen LogP contribution in [0.4, 0.5) is 18.9 Å². The van der Waals surface area contributed by atoms with Crippen molar-refractivity contribution in [1.82, 2.24) is 0 Å². The zero-order valence-electron chi connectivity index (χ0n) is 14.2. The Morgan fingerprint density at radius 3 is 2.52 bits per heavy atom. The van der Waals surface area contributed by atoms with E-state index in [1.165, 1.54) is 29.5 Å². The number of thioether (sulfide) groups is 1. The number of halogens is 3. The first-order valence-corrected chi connectivity index (χ1v) is 9.17. The summed E-state index contributed by atoms with van der Waals surface area (Å²) >= 11 is 1.23. The summed E-state index contributed by atoms with van der Waals surface area (Å²) in [6.07, 6.45) is -2.08. The van der Waals surface area contributed by atoms with Crippen molar-refractivity contribution in [2.45, 2.75) is 42.5 Å². The van der Waals surface area contributed by atoms with Gasteiger partial charge in [-0.3, -0.25) is 0 Å². The van der Waals surface area contributed by atoms with Gasteiger partial charge in [-0.25, -0.2) is 5.84 Å². The summed E-state index contributed by atoms with van der Waals surface area (Å²) in [4.78, 5) is 0.267. The molecule has 0 atom stereocenters. The van der Waals surface area contributed by atoms with E-state index in [1.54, 1.807) is 25.0 Å². The van der Waals surface area contributed by atoms with Crippen LogP contribution in [0.15, 0.2) is 41.3 Å². The quantitative estimate of drug-likeness (QED) is 0.431. The van der Waals surface area contributed by atoms with Crippen molar-refractivity contribution < 1.29 is 13.2 Å². The summed E-state index contributed by atoms with van der Waals surface area (Å²) in [5.74, 6) is 6.92. The Morgan fingerprint density at radius 1 is 1.20 bits per heavy atom. The lowest BCUT2D eigenvalue weighted by atomic mass is 10.0. The Kier molecular flexibility index (Phi) is 5.02. The van der Waals surface area contributed by atoms with Crippen LogP contribution in [-0.4, -0.2) is 7.05 Å². The smallest absolute Gasteiger partial charge is 0.314 e. The molecule has 0 saturated heterocycles. The molecule has 2 aromatic rings. The molecule has 0 spiro atoms. The molecule has 0 aliphatic heterocycles. The summed E-state index contributed by atoms with van der Waals surface area (Å²) in [6, 6.07) is 10.2. The number of nitrogens with two attached hydrogens (primary N) is 1. The average molecular weight is 366 g/mol. The van der Waals surface area contributed by atoms with E-state index < -0.39 is 11.7 Å². The number of hydrogen-bond acceptors (Lipinski definition) is 3. The number of hydrazine groups is 1. The van der Waals surface area contributed by atoms with Gasteiger partial charge in [0.1, 0.15) is 0 Å². The molecular weight excluding hydrogens is 345 g/mol. The van der Waals surface area contributed by atoms with Gasteiger partial charge in [0.15, 0.2) is 0 Å². The molecule has 0 amide bonds. The lowest BCUT2D eigenvalue weighted by molar-refractivity contribution is -0.139. The van der Waals surface area contributed by atoms with Crippen LogP contribution in [0.25, 0.3) is 0 Å². The predicted octanol–water partition coefficient (Wildman–Crippen LogP) is 5.49. The largest absolute Gasteiger partial charge is 0.417 e. The molecule has 0 heterocycles. The molecule has 6 heteroatoms. The van der Waals surface area contributed by atoms with Gasteiger partial charge in [0.05, 0.1) is 11.3 Å². The van der Waals surface area contributed by atoms with Crippen molar-refractivity contribution in [1.29, 1.82) is 0 Å². The van der Waals surface area contributed by atoms with Crippen molar-refractivity contribution in [3.8, 4) is 0 Å². The molecule has 0 radical (unpaired) electrons. The van der Waals surface area contributed by atoms with Crippen molar-refractivity contribution in [2.75, 3.05) is 12.1 Å². The highest BCUT2D eigenvalue weighted by Crippen LogP contribution is 2.46. The van der Waals surface area contributed by atoms with Crippen molar-refractivity contribution in [3.63, 3.8) is 0 Å². The van der Waals surface area contributed by atoms with Gasteiger partial charge in [-0.1, -0.05) is 18.2 Å². The van der Waals surface area contributed by atoms with Gasteiger partial charge in [-0.05, 0) is 60.6 Å². The summed E-state index contributed by atoms with van der Waals surface area (Å²) in [5.41, 5.74) is 3.37. The first-order chi connectivity index (χ1) is 11.8. The minimum atomic E-state index is -4.35. The molecule has 1 aliphatic rings. The Bertz CT molecular complexity index is 747. The third-order valence-corrected chi connectivity index (χ3v) is 5.48. The van der Waals surface area contributed by atoms with Gasteiger partial charge in [-0.2, -0.15) is 13.2 Å². The molecule has 2 N–H and O–H groups in total. The molecule has 1 saturated carbocycles. The summed E-state index contributed by atoms with van der Waals surface area (Å²) in [5, 5.41) is 1.54. The van der Waals surface area contributed by atoms with Crippen LogP contribution in [0.1, 0.15) is 41.0 Å². The fourth-order valence-electron chi connectivity index (χ4n) is 2.99.